The van der Waals surface area contributed by atoms with Gasteiger partial charge in [0.1, 0.15) is 0 Å². The number of fused-ring (bicyclic) bond motifs is 1. The lowest BCUT2D eigenvalue weighted by Crippen LogP contribution is -2.28. The number of furan rings is 1. The molecule has 0 saturated carbocycles. The van der Waals surface area contributed by atoms with Gasteiger partial charge in [-0.1, -0.05) is 0 Å². The molecule has 0 aliphatic rings. The third-order valence-electron chi connectivity index (χ3n) is 2.78. The van der Waals surface area contributed by atoms with Gasteiger partial charge in [0.2, 0.25) is 5.78 Å². The highest BCUT2D eigenvalue weighted by atomic mass is 35.5. The Hall–Kier alpha value is -2.60. The lowest BCUT2D eigenvalue weighted by atomic mass is 10.1. The third kappa shape index (κ3) is 2.06. The Kier molecular flexibility index (Phi) is 2.80. The first-order valence-corrected chi connectivity index (χ1v) is 5.99. The van der Waals surface area contributed by atoms with Crippen LogP contribution < -0.4 is 11.1 Å². The number of nitrogens with one attached hydrogen (secondary N) is 2. The van der Waals surface area contributed by atoms with Crippen LogP contribution in [0.1, 0.15) is 16.1 Å². The minimum Gasteiger partial charge on any atom is -0.441 e. The number of carbonyl (C=O) groups is 1. The molecule has 0 radical (unpaired) electrons. The van der Waals surface area contributed by atoms with Crippen molar-refractivity contribution in [2.24, 2.45) is 0 Å². The van der Waals surface area contributed by atoms with Gasteiger partial charge in [0, 0.05) is 5.56 Å². The van der Waals surface area contributed by atoms with E-state index in [0.29, 0.717) is 16.6 Å². The summed E-state index contributed by atoms with van der Waals surface area (Å²) < 4.78 is 5.04. The molecular formula is C13H7ClN2O4. The van der Waals surface area contributed by atoms with Crippen molar-refractivity contribution in [3.05, 3.63) is 67.6 Å². The Morgan fingerprint density at radius 2 is 1.70 bits per heavy atom. The van der Waals surface area contributed by atoms with Crippen molar-refractivity contribution in [3.63, 3.8) is 0 Å². The van der Waals surface area contributed by atoms with Gasteiger partial charge in [0.25, 0.3) is 0 Å². The lowest BCUT2D eigenvalue weighted by molar-refractivity contribution is 0.101. The van der Waals surface area contributed by atoms with Crippen molar-refractivity contribution in [2.45, 2.75) is 0 Å². The number of aromatic amines is 2. The van der Waals surface area contributed by atoms with E-state index in [-0.39, 0.29) is 16.8 Å². The molecule has 0 spiro atoms. The molecule has 0 atom stereocenters. The molecule has 6 nitrogen and oxygen atoms in total. The number of aromatic nitrogens is 2. The number of benzene rings is 1. The zero-order valence-electron chi connectivity index (χ0n) is 9.90. The standard InChI is InChI=1S/C13H7ClN2O4/c14-10-4-3-9(20-10)11(17)6-1-2-7-8(5-6)16-13(19)12(18)15-7/h1-5H,(H,15,18)(H,16,19). The van der Waals surface area contributed by atoms with Crippen molar-refractivity contribution in [1.29, 1.82) is 0 Å². The maximum Gasteiger partial charge on any atom is 0.314 e. The molecule has 100 valence electrons. The van der Waals surface area contributed by atoms with Gasteiger partial charge in [-0.2, -0.15) is 0 Å². The van der Waals surface area contributed by atoms with E-state index in [9.17, 15) is 14.4 Å². The Bertz CT molecular complexity index is 935. The summed E-state index contributed by atoms with van der Waals surface area (Å²) in [4.78, 5) is 39.4. The van der Waals surface area contributed by atoms with Crippen LogP contribution in [-0.4, -0.2) is 15.8 Å². The summed E-state index contributed by atoms with van der Waals surface area (Å²) in [5, 5.41) is 0.117. The molecule has 0 amide bonds. The van der Waals surface area contributed by atoms with Crippen LogP contribution in [0.4, 0.5) is 0 Å². The molecule has 0 unspecified atom stereocenters. The highest BCUT2D eigenvalue weighted by Crippen LogP contribution is 2.18. The van der Waals surface area contributed by atoms with Gasteiger partial charge < -0.3 is 14.4 Å². The molecule has 3 aromatic rings. The number of hydrogen-bond acceptors (Lipinski definition) is 4. The quantitative estimate of drug-likeness (QED) is 0.554. The second kappa shape index (κ2) is 4.50. The summed E-state index contributed by atoms with van der Waals surface area (Å²) in [6.07, 6.45) is 0. The van der Waals surface area contributed by atoms with E-state index in [0.717, 1.165) is 0 Å². The SMILES string of the molecule is O=C(c1ccc2[nH]c(=O)c(=O)[nH]c2c1)c1ccc(Cl)o1. The molecule has 7 heteroatoms. The number of ketones is 1. The zero-order chi connectivity index (χ0) is 14.3. The van der Waals surface area contributed by atoms with Crippen LogP contribution in [0, 0.1) is 0 Å². The first kappa shape index (κ1) is 12.4. The van der Waals surface area contributed by atoms with E-state index >= 15 is 0 Å². The van der Waals surface area contributed by atoms with Crippen LogP contribution in [-0.2, 0) is 0 Å². The lowest BCUT2D eigenvalue weighted by Gasteiger charge is -2.01. The predicted molar refractivity (Wildman–Crippen MR) is 72.3 cm³/mol. The van der Waals surface area contributed by atoms with E-state index in [4.69, 9.17) is 16.0 Å². The highest BCUT2D eigenvalue weighted by molar-refractivity contribution is 6.29. The largest absolute Gasteiger partial charge is 0.441 e. The Morgan fingerprint density at radius 3 is 2.35 bits per heavy atom. The van der Waals surface area contributed by atoms with Crippen LogP contribution in [0.15, 0.2) is 44.3 Å². The van der Waals surface area contributed by atoms with Crippen LogP contribution in [0.5, 0.6) is 0 Å². The van der Waals surface area contributed by atoms with Crippen LogP contribution in [0.2, 0.25) is 5.22 Å². The minimum absolute atomic E-state index is 0.0983. The molecule has 2 N–H and O–H groups in total. The first-order chi connectivity index (χ1) is 9.54. The second-order valence-corrected chi connectivity index (χ2v) is 4.47. The number of rotatable bonds is 2. The predicted octanol–water partition coefficient (Wildman–Crippen LogP) is 1.69. The fourth-order valence-corrected chi connectivity index (χ4v) is 1.98. The monoisotopic (exact) mass is 290 g/mol. The number of halogens is 1. The van der Waals surface area contributed by atoms with Crippen molar-refractivity contribution >= 4 is 28.4 Å². The second-order valence-electron chi connectivity index (χ2n) is 4.10. The maximum atomic E-state index is 12.1. The smallest absolute Gasteiger partial charge is 0.314 e. The van der Waals surface area contributed by atoms with Crippen molar-refractivity contribution in [1.82, 2.24) is 9.97 Å². The van der Waals surface area contributed by atoms with Crippen LogP contribution >= 0.6 is 11.6 Å². The summed E-state index contributed by atoms with van der Waals surface area (Å²) in [7, 11) is 0. The minimum atomic E-state index is -0.775. The van der Waals surface area contributed by atoms with Crippen molar-refractivity contribution in [3.8, 4) is 0 Å². The topological polar surface area (TPSA) is 95.9 Å². The molecule has 20 heavy (non-hydrogen) atoms. The number of hydrogen-bond donors (Lipinski definition) is 2. The molecule has 2 heterocycles. The number of carbonyl (C=O) groups excluding carboxylic acids is 1. The van der Waals surface area contributed by atoms with Gasteiger partial charge in [-0.15, -0.1) is 0 Å². The molecule has 0 aliphatic carbocycles. The molecule has 0 aliphatic heterocycles. The van der Waals surface area contributed by atoms with Crippen molar-refractivity contribution in [2.75, 3.05) is 0 Å². The molecule has 0 fully saturated rings. The molecule has 0 saturated heterocycles. The Labute approximate surface area is 116 Å². The third-order valence-corrected chi connectivity index (χ3v) is 2.98. The van der Waals surface area contributed by atoms with E-state index in [2.05, 4.69) is 9.97 Å². The van der Waals surface area contributed by atoms with Crippen LogP contribution in [0.3, 0.4) is 0 Å². The Balaban J connectivity index is 2.13. The summed E-state index contributed by atoms with van der Waals surface area (Å²) in [6, 6.07) is 7.45. The number of H-pyrrole nitrogens is 2. The fraction of sp³-hybridized carbons (Fsp3) is 0. The summed E-state index contributed by atoms with van der Waals surface area (Å²) in [6.45, 7) is 0. The average Bonchev–Trinajstić information content (AvgIpc) is 2.85. The Morgan fingerprint density at radius 1 is 1.00 bits per heavy atom. The van der Waals surface area contributed by atoms with Gasteiger partial charge in [-0.25, -0.2) is 0 Å². The molecule has 0 bridgehead atoms. The van der Waals surface area contributed by atoms with Gasteiger partial charge in [0.15, 0.2) is 11.0 Å². The van der Waals surface area contributed by atoms with E-state index in [1.165, 1.54) is 30.3 Å². The zero-order valence-corrected chi connectivity index (χ0v) is 10.7. The van der Waals surface area contributed by atoms with Gasteiger partial charge >= 0.3 is 11.1 Å². The average molecular weight is 291 g/mol. The summed E-state index contributed by atoms with van der Waals surface area (Å²) >= 11 is 5.62. The molecule has 2 aromatic heterocycles. The van der Waals surface area contributed by atoms with Crippen LogP contribution in [0.25, 0.3) is 11.0 Å². The summed E-state index contributed by atoms with van der Waals surface area (Å²) in [5.74, 6) is -0.271. The van der Waals surface area contributed by atoms with Gasteiger partial charge in [-0.05, 0) is 41.9 Å². The first-order valence-electron chi connectivity index (χ1n) is 5.61. The summed E-state index contributed by atoms with van der Waals surface area (Å²) in [5.41, 5.74) is -0.412. The van der Waals surface area contributed by atoms with E-state index in [1.54, 1.807) is 0 Å². The van der Waals surface area contributed by atoms with Gasteiger partial charge in [0.05, 0.1) is 11.0 Å². The normalized spacial score (nSPS) is 10.8. The molecular weight excluding hydrogens is 284 g/mol. The highest BCUT2D eigenvalue weighted by Gasteiger charge is 2.14. The van der Waals surface area contributed by atoms with E-state index in [1.807, 2.05) is 0 Å². The van der Waals surface area contributed by atoms with E-state index < -0.39 is 11.1 Å². The van der Waals surface area contributed by atoms with Crippen molar-refractivity contribution < 1.29 is 9.21 Å². The fourth-order valence-electron chi connectivity index (χ4n) is 1.83. The molecule has 1 aromatic carbocycles. The molecule has 3 rings (SSSR count). The van der Waals surface area contributed by atoms with Gasteiger partial charge in [-0.3, -0.25) is 14.4 Å². The maximum absolute atomic E-state index is 12.1.